The molecular weight excluding hydrogens is 827 g/mol. The molecule has 0 amide bonds. The van der Waals surface area contributed by atoms with Crippen LogP contribution in [-0.4, -0.2) is 20.9 Å². The lowest BCUT2D eigenvalue weighted by molar-refractivity contribution is 0.666. The van der Waals surface area contributed by atoms with Crippen LogP contribution in [0.25, 0.3) is 113 Å². The summed E-state index contributed by atoms with van der Waals surface area (Å²) in [7, 11) is 0. The normalized spacial score (nSPS) is 14.5. The number of hydrogen-bond donors (Lipinski definition) is 1. The van der Waals surface area contributed by atoms with Gasteiger partial charge in [0, 0.05) is 63.6 Å². The van der Waals surface area contributed by atoms with E-state index in [0.717, 1.165) is 77.0 Å². The highest BCUT2D eigenvalue weighted by molar-refractivity contribution is 7.25. The second kappa shape index (κ2) is 13.5. The third kappa shape index (κ3) is 5.11. The first-order chi connectivity index (χ1) is 32.7. The average Bonchev–Trinajstić information content (AvgIpc) is 4.11. The fraction of sp³-hybridized carbons (Fsp3) is 0.0169. The van der Waals surface area contributed by atoms with Crippen molar-refractivity contribution in [3.63, 3.8) is 0 Å². The molecule has 7 heteroatoms. The van der Waals surface area contributed by atoms with Crippen LogP contribution in [0.15, 0.2) is 215 Å². The summed E-state index contributed by atoms with van der Waals surface area (Å²) in [6, 6.07) is 72.0. The molecule has 1 N–H and O–H groups in total. The highest BCUT2D eigenvalue weighted by Crippen LogP contribution is 2.43. The van der Waals surface area contributed by atoms with Crippen molar-refractivity contribution < 1.29 is 4.42 Å². The van der Waals surface area contributed by atoms with E-state index >= 15 is 0 Å². The number of nitrogens with one attached hydrogen (secondary N) is 1. The molecule has 308 valence electrons. The van der Waals surface area contributed by atoms with E-state index in [1.807, 2.05) is 11.3 Å². The largest absolute Gasteiger partial charge is 0.456 e. The van der Waals surface area contributed by atoms with Gasteiger partial charge in [0.25, 0.3) is 0 Å². The SMILES string of the molecule is c1ccc2cc3c(cc2c1)oc1cc(C2=NC(n4c5ccccc5c5ccccc54)=NC(c4cccc5sc6ccccc6c45)N2)c(-n2c4ccccc4c4cc5ccccc5cc42)cc13. The van der Waals surface area contributed by atoms with Crippen LogP contribution in [0.4, 0.5) is 0 Å². The maximum absolute atomic E-state index is 6.89. The Hall–Kier alpha value is -8.52. The van der Waals surface area contributed by atoms with Crippen molar-refractivity contribution in [1.29, 1.82) is 0 Å². The van der Waals surface area contributed by atoms with Gasteiger partial charge >= 0.3 is 0 Å². The Morgan fingerprint density at radius 1 is 0.439 bits per heavy atom. The number of hydrogen-bond acceptors (Lipinski definition) is 5. The molecule has 0 radical (unpaired) electrons. The van der Waals surface area contributed by atoms with Crippen molar-refractivity contribution in [3.8, 4) is 5.69 Å². The Morgan fingerprint density at radius 3 is 1.71 bits per heavy atom. The number of amidine groups is 1. The molecule has 0 bridgehead atoms. The minimum Gasteiger partial charge on any atom is -0.456 e. The number of aromatic nitrogens is 2. The van der Waals surface area contributed by atoms with Gasteiger partial charge in [-0.3, -0.25) is 4.57 Å². The Labute approximate surface area is 380 Å². The first-order valence-corrected chi connectivity index (χ1v) is 23.2. The number of aliphatic imine (C=N–C) groups is 2. The molecule has 0 saturated heterocycles. The Kier molecular flexibility index (Phi) is 7.34. The second-order valence-corrected chi connectivity index (χ2v) is 18.4. The number of rotatable bonds is 3. The van der Waals surface area contributed by atoms with Crippen molar-refractivity contribution >= 4 is 130 Å². The monoisotopic (exact) mass is 861 g/mol. The van der Waals surface area contributed by atoms with Gasteiger partial charge in [-0.1, -0.05) is 133 Å². The summed E-state index contributed by atoms with van der Waals surface area (Å²) >= 11 is 1.82. The molecule has 15 rings (SSSR count). The molecule has 1 aliphatic heterocycles. The minimum absolute atomic E-state index is 0.485. The molecule has 0 spiro atoms. The summed E-state index contributed by atoms with van der Waals surface area (Å²) in [5, 5.41) is 17.9. The summed E-state index contributed by atoms with van der Waals surface area (Å²) in [6.07, 6.45) is -0.485. The number of benzene rings is 10. The van der Waals surface area contributed by atoms with Gasteiger partial charge < -0.3 is 14.3 Å². The topological polar surface area (TPSA) is 59.8 Å². The zero-order valence-corrected chi connectivity index (χ0v) is 36.1. The van der Waals surface area contributed by atoms with Gasteiger partial charge in [-0.15, -0.1) is 11.3 Å². The third-order valence-corrected chi connectivity index (χ3v) is 14.9. The molecule has 10 aromatic carbocycles. The van der Waals surface area contributed by atoms with Crippen LogP contribution in [0, 0.1) is 0 Å². The van der Waals surface area contributed by atoms with Crippen LogP contribution in [0.1, 0.15) is 17.3 Å². The lowest BCUT2D eigenvalue weighted by atomic mass is 10.0. The van der Waals surface area contributed by atoms with E-state index in [1.165, 1.54) is 47.1 Å². The van der Waals surface area contributed by atoms with Crippen molar-refractivity contribution in [2.75, 3.05) is 0 Å². The standard InChI is InChI=1S/C59H35N5OS/c1-3-16-36-30-50-43(28-34(36)14-1)40-20-7-9-23-47(40)63(50)51-32-45-44-29-35-15-2-4-17-37(35)31-52(44)65-53(45)33-46(51)58-60-57(42-22-13-27-55-56(42)41-21-8-12-26-54(41)66-55)61-59(62-58)64-48-24-10-5-18-38(48)39-19-6-11-25-49(39)64/h1-33,57H,(H,60,61,62). The van der Waals surface area contributed by atoms with Crippen molar-refractivity contribution in [1.82, 2.24) is 14.5 Å². The number of para-hydroxylation sites is 3. The molecule has 1 aliphatic rings. The van der Waals surface area contributed by atoms with Gasteiger partial charge in [0.2, 0.25) is 5.96 Å². The number of furan rings is 1. The summed E-state index contributed by atoms with van der Waals surface area (Å²) in [4.78, 5) is 11.3. The molecule has 0 fully saturated rings. The van der Waals surface area contributed by atoms with E-state index in [2.05, 4.69) is 215 Å². The smallest absolute Gasteiger partial charge is 0.234 e. The maximum Gasteiger partial charge on any atom is 0.234 e. The van der Waals surface area contributed by atoms with Gasteiger partial charge in [0.05, 0.1) is 27.8 Å². The molecular formula is C59H35N5OS. The molecule has 1 atom stereocenters. The number of nitrogens with zero attached hydrogens (tertiary/aromatic N) is 4. The minimum atomic E-state index is -0.485. The third-order valence-electron chi connectivity index (χ3n) is 13.7. The Balaban J connectivity index is 1.07. The quantitative estimate of drug-likeness (QED) is 0.192. The summed E-state index contributed by atoms with van der Waals surface area (Å²) < 4.78 is 14.0. The average molecular weight is 862 g/mol. The molecule has 14 aromatic rings. The van der Waals surface area contributed by atoms with Crippen molar-refractivity contribution in [2.45, 2.75) is 6.17 Å². The van der Waals surface area contributed by atoms with Crippen molar-refractivity contribution in [2.24, 2.45) is 9.98 Å². The van der Waals surface area contributed by atoms with Crippen LogP contribution in [0.2, 0.25) is 0 Å². The molecule has 1 unspecified atom stereocenters. The van der Waals surface area contributed by atoms with Gasteiger partial charge in [-0.2, -0.15) is 4.99 Å². The molecule has 6 nitrogen and oxygen atoms in total. The highest BCUT2D eigenvalue weighted by atomic mass is 32.1. The van der Waals surface area contributed by atoms with E-state index in [-0.39, 0.29) is 0 Å². The molecule has 5 heterocycles. The first kappa shape index (κ1) is 35.9. The number of thiophene rings is 1. The van der Waals surface area contributed by atoms with Gasteiger partial charge in [-0.05, 0) is 88.3 Å². The number of fused-ring (bicyclic) bond motifs is 14. The first-order valence-electron chi connectivity index (χ1n) is 22.3. The van der Waals surface area contributed by atoms with Crippen LogP contribution in [-0.2, 0) is 0 Å². The summed E-state index contributed by atoms with van der Waals surface area (Å²) in [5.41, 5.74) is 8.96. The van der Waals surface area contributed by atoms with Crippen molar-refractivity contribution in [3.05, 3.63) is 211 Å². The van der Waals surface area contributed by atoms with E-state index in [1.54, 1.807) is 0 Å². The molecule has 4 aromatic heterocycles. The van der Waals surface area contributed by atoms with E-state index < -0.39 is 6.17 Å². The van der Waals surface area contributed by atoms with E-state index in [4.69, 9.17) is 14.4 Å². The second-order valence-electron chi connectivity index (χ2n) is 17.4. The van der Waals surface area contributed by atoms with Gasteiger partial charge in [0.15, 0.2) is 0 Å². The maximum atomic E-state index is 6.89. The predicted molar refractivity (Wildman–Crippen MR) is 277 cm³/mol. The van der Waals surface area contributed by atoms with Crippen LogP contribution >= 0.6 is 11.3 Å². The van der Waals surface area contributed by atoms with Crippen LogP contribution in [0.3, 0.4) is 0 Å². The van der Waals surface area contributed by atoms with Gasteiger partial charge in [0.1, 0.15) is 23.2 Å². The molecule has 0 saturated carbocycles. The zero-order chi connectivity index (χ0) is 43.0. The lowest BCUT2D eigenvalue weighted by Gasteiger charge is -2.26. The zero-order valence-electron chi connectivity index (χ0n) is 35.2. The predicted octanol–water partition coefficient (Wildman–Crippen LogP) is 15.4. The van der Waals surface area contributed by atoms with Gasteiger partial charge in [-0.25, -0.2) is 4.99 Å². The highest BCUT2D eigenvalue weighted by Gasteiger charge is 2.29. The fourth-order valence-corrected chi connectivity index (χ4v) is 11.9. The summed E-state index contributed by atoms with van der Waals surface area (Å²) in [5.74, 6) is 1.32. The summed E-state index contributed by atoms with van der Waals surface area (Å²) in [6.45, 7) is 0. The van der Waals surface area contributed by atoms with Crippen LogP contribution < -0.4 is 5.32 Å². The molecule has 66 heavy (non-hydrogen) atoms. The Bertz CT molecular complexity index is 4410. The van der Waals surface area contributed by atoms with Crippen LogP contribution in [0.5, 0.6) is 0 Å². The Morgan fingerprint density at radius 2 is 0.985 bits per heavy atom. The van der Waals surface area contributed by atoms with E-state index in [9.17, 15) is 0 Å². The van der Waals surface area contributed by atoms with E-state index in [0.29, 0.717) is 11.8 Å². The lowest BCUT2D eigenvalue weighted by Crippen LogP contribution is -2.35. The fourth-order valence-electron chi connectivity index (χ4n) is 10.8. The molecule has 0 aliphatic carbocycles.